The Morgan fingerprint density at radius 3 is 2.44 bits per heavy atom. The number of benzene rings is 1. The summed E-state index contributed by atoms with van der Waals surface area (Å²) in [4.78, 5) is 11.8. The van der Waals surface area contributed by atoms with Gasteiger partial charge in [-0.25, -0.2) is 0 Å². The van der Waals surface area contributed by atoms with Gasteiger partial charge in [0.25, 0.3) is 0 Å². The molecule has 0 amide bonds. The first-order valence-electron chi connectivity index (χ1n) is 4.87. The Morgan fingerprint density at radius 1 is 1.39 bits per heavy atom. The average molecular weight is 359 g/mol. The van der Waals surface area contributed by atoms with Crippen molar-refractivity contribution in [1.29, 1.82) is 0 Å². The lowest BCUT2D eigenvalue weighted by atomic mass is 10.1. The number of thioether (sulfide) groups is 2. The molecule has 1 atom stereocenters. The third-order valence-electron chi connectivity index (χ3n) is 2.04. The molecule has 0 fully saturated rings. The van der Waals surface area contributed by atoms with E-state index < -0.39 is 10.3 Å². The summed E-state index contributed by atoms with van der Waals surface area (Å²) >= 11 is 4.04. The smallest absolute Gasteiger partial charge is 0.293 e. The maximum atomic E-state index is 12.5. The third-order valence-corrected chi connectivity index (χ3v) is 4.24. The molecule has 0 spiro atoms. The Morgan fingerprint density at radius 2 is 2.00 bits per heavy atom. The van der Waals surface area contributed by atoms with E-state index in [2.05, 4.69) is 15.9 Å². The van der Waals surface area contributed by atoms with Crippen LogP contribution in [0.2, 0.25) is 0 Å². The molecule has 0 heterocycles. The highest BCUT2D eigenvalue weighted by atomic mass is 79.9. The van der Waals surface area contributed by atoms with Crippen molar-refractivity contribution in [2.24, 2.45) is 0 Å². The van der Waals surface area contributed by atoms with Crippen molar-refractivity contribution in [2.45, 2.75) is 27.1 Å². The van der Waals surface area contributed by atoms with E-state index in [-0.39, 0.29) is 28.0 Å². The summed E-state index contributed by atoms with van der Waals surface area (Å²) in [6.45, 7) is 1.59. The van der Waals surface area contributed by atoms with Gasteiger partial charge in [-0.2, -0.15) is 13.2 Å². The number of Topliss-reactive ketones (excluding diaryl/α,β-unsaturated/α-hetero) is 1. The standard InChI is InChI=1S/C11H10BrF3OS2/c1-6(12)9(16)7-4-3-5-8(17-2)10(7)18-11(13,14)15/h3-6H,1-2H3. The van der Waals surface area contributed by atoms with Crippen LogP contribution in [0.1, 0.15) is 17.3 Å². The monoisotopic (exact) mass is 358 g/mol. The van der Waals surface area contributed by atoms with E-state index >= 15 is 0 Å². The molecule has 0 aliphatic heterocycles. The van der Waals surface area contributed by atoms with Gasteiger partial charge in [0.2, 0.25) is 0 Å². The van der Waals surface area contributed by atoms with Crippen molar-refractivity contribution >= 4 is 45.2 Å². The van der Waals surface area contributed by atoms with Crippen LogP contribution in [-0.4, -0.2) is 22.4 Å². The summed E-state index contributed by atoms with van der Waals surface area (Å²) in [6, 6.07) is 4.59. The van der Waals surface area contributed by atoms with E-state index in [0.717, 1.165) is 0 Å². The maximum Gasteiger partial charge on any atom is 0.446 e. The second-order valence-corrected chi connectivity index (χ2v) is 6.66. The van der Waals surface area contributed by atoms with Crippen LogP contribution in [0.3, 0.4) is 0 Å². The Labute approximate surface area is 120 Å². The van der Waals surface area contributed by atoms with E-state index in [1.807, 2.05) is 0 Å². The van der Waals surface area contributed by atoms with Gasteiger partial charge in [0.05, 0.1) is 4.83 Å². The molecule has 100 valence electrons. The van der Waals surface area contributed by atoms with Crippen LogP contribution in [-0.2, 0) is 0 Å². The molecule has 1 aromatic rings. The van der Waals surface area contributed by atoms with Crippen molar-refractivity contribution in [2.75, 3.05) is 6.26 Å². The quantitative estimate of drug-likeness (QED) is 0.429. The van der Waals surface area contributed by atoms with Crippen LogP contribution in [0.5, 0.6) is 0 Å². The summed E-state index contributed by atoms with van der Waals surface area (Å²) in [5.41, 5.74) is -4.30. The van der Waals surface area contributed by atoms with E-state index in [1.54, 1.807) is 25.3 Å². The Kier molecular flexibility index (Phi) is 5.61. The number of carbonyl (C=O) groups excluding carboxylic acids is 1. The lowest BCUT2D eigenvalue weighted by Gasteiger charge is -2.14. The molecule has 0 bridgehead atoms. The lowest BCUT2D eigenvalue weighted by molar-refractivity contribution is -0.0329. The fourth-order valence-electron chi connectivity index (χ4n) is 1.31. The van der Waals surface area contributed by atoms with Crippen molar-refractivity contribution in [3.8, 4) is 0 Å². The summed E-state index contributed by atoms with van der Waals surface area (Å²) in [6.07, 6.45) is 1.68. The van der Waals surface area contributed by atoms with Gasteiger partial charge in [-0.1, -0.05) is 28.1 Å². The molecule has 1 unspecified atom stereocenters. The van der Waals surface area contributed by atoms with E-state index in [1.165, 1.54) is 17.8 Å². The van der Waals surface area contributed by atoms with E-state index in [4.69, 9.17) is 0 Å². The maximum absolute atomic E-state index is 12.5. The minimum absolute atomic E-state index is 0.0196. The average Bonchev–Trinajstić information content (AvgIpc) is 2.26. The zero-order valence-electron chi connectivity index (χ0n) is 9.55. The number of alkyl halides is 4. The van der Waals surface area contributed by atoms with Crippen LogP contribution >= 0.6 is 39.5 Å². The molecule has 1 aromatic carbocycles. The molecule has 0 radical (unpaired) electrons. The Bertz CT molecular complexity index is 446. The first kappa shape index (κ1) is 15.9. The molecule has 0 saturated carbocycles. The highest BCUT2D eigenvalue weighted by molar-refractivity contribution is 9.10. The number of carbonyl (C=O) groups is 1. The first-order valence-corrected chi connectivity index (χ1v) is 7.83. The molecule has 7 heteroatoms. The molecule has 1 nitrogen and oxygen atoms in total. The molecule has 0 N–H and O–H groups in total. The van der Waals surface area contributed by atoms with Gasteiger partial charge in [0, 0.05) is 15.4 Å². The minimum atomic E-state index is -4.41. The minimum Gasteiger partial charge on any atom is -0.293 e. The number of hydrogen-bond acceptors (Lipinski definition) is 3. The van der Waals surface area contributed by atoms with Crippen molar-refractivity contribution in [1.82, 2.24) is 0 Å². The Balaban J connectivity index is 3.29. The third kappa shape index (κ3) is 4.20. The fourth-order valence-corrected chi connectivity index (χ4v) is 3.12. The predicted octanol–water partition coefficient (Wildman–Crippen LogP) is 4.99. The normalized spacial score (nSPS) is 13.4. The van der Waals surface area contributed by atoms with Crippen LogP contribution in [0.4, 0.5) is 13.2 Å². The number of rotatable bonds is 4. The van der Waals surface area contributed by atoms with Crippen molar-refractivity contribution < 1.29 is 18.0 Å². The molecule has 0 aromatic heterocycles. The molecule has 1 rings (SSSR count). The molecular weight excluding hydrogens is 349 g/mol. The van der Waals surface area contributed by atoms with Crippen molar-refractivity contribution in [3.63, 3.8) is 0 Å². The summed E-state index contributed by atoms with van der Waals surface area (Å²) in [7, 11) is 0. The summed E-state index contributed by atoms with van der Waals surface area (Å²) in [5.74, 6) is -0.349. The number of hydrogen-bond donors (Lipinski definition) is 0. The first-order chi connectivity index (χ1) is 8.26. The molecule has 0 saturated heterocycles. The van der Waals surface area contributed by atoms with E-state index in [9.17, 15) is 18.0 Å². The second-order valence-electron chi connectivity index (χ2n) is 3.37. The van der Waals surface area contributed by atoms with Crippen LogP contribution in [0.25, 0.3) is 0 Å². The van der Waals surface area contributed by atoms with E-state index in [0.29, 0.717) is 4.90 Å². The molecule has 0 aliphatic rings. The summed E-state index contributed by atoms with van der Waals surface area (Å²) in [5, 5.41) is 0. The molecule has 18 heavy (non-hydrogen) atoms. The van der Waals surface area contributed by atoms with Gasteiger partial charge >= 0.3 is 5.51 Å². The van der Waals surface area contributed by atoms with Gasteiger partial charge in [-0.15, -0.1) is 11.8 Å². The topological polar surface area (TPSA) is 17.1 Å². The molecule has 0 aliphatic carbocycles. The van der Waals surface area contributed by atoms with Gasteiger partial charge in [0.1, 0.15) is 0 Å². The highest BCUT2D eigenvalue weighted by Gasteiger charge is 2.33. The van der Waals surface area contributed by atoms with Crippen LogP contribution < -0.4 is 0 Å². The zero-order chi connectivity index (χ0) is 13.9. The van der Waals surface area contributed by atoms with Gasteiger partial charge < -0.3 is 0 Å². The van der Waals surface area contributed by atoms with Crippen LogP contribution in [0.15, 0.2) is 28.0 Å². The van der Waals surface area contributed by atoms with Crippen LogP contribution in [0, 0.1) is 0 Å². The SMILES string of the molecule is CSc1cccc(C(=O)C(C)Br)c1SC(F)(F)F. The largest absolute Gasteiger partial charge is 0.446 e. The van der Waals surface area contributed by atoms with Crippen molar-refractivity contribution in [3.05, 3.63) is 23.8 Å². The highest BCUT2D eigenvalue weighted by Crippen LogP contribution is 2.43. The molecular formula is C11H10BrF3OS2. The fraction of sp³-hybridized carbons (Fsp3) is 0.364. The number of halogens is 4. The number of ketones is 1. The lowest BCUT2D eigenvalue weighted by Crippen LogP contribution is -2.13. The predicted molar refractivity (Wildman–Crippen MR) is 72.9 cm³/mol. The Hall–Kier alpha value is -0.140. The van der Waals surface area contributed by atoms with Gasteiger partial charge in [0.15, 0.2) is 5.78 Å². The van der Waals surface area contributed by atoms with Gasteiger partial charge in [-0.3, -0.25) is 4.79 Å². The van der Waals surface area contributed by atoms with Gasteiger partial charge in [-0.05, 0) is 31.0 Å². The zero-order valence-corrected chi connectivity index (χ0v) is 12.8. The summed E-state index contributed by atoms with van der Waals surface area (Å²) < 4.78 is 37.6. The second kappa shape index (κ2) is 6.34.